The summed E-state index contributed by atoms with van der Waals surface area (Å²) < 4.78 is 19.3. The van der Waals surface area contributed by atoms with Crippen LogP contribution in [-0.4, -0.2) is 63.9 Å². The number of amides is 2. The Hall–Kier alpha value is -3.34. The zero-order valence-electron chi connectivity index (χ0n) is 15.3. The third kappa shape index (κ3) is 4.49. The number of ether oxygens (including phenoxy) is 1. The van der Waals surface area contributed by atoms with Gasteiger partial charge in [0.05, 0.1) is 11.0 Å². The summed E-state index contributed by atoms with van der Waals surface area (Å²) in [5.74, 6) is -0.951. The fourth-order valence-corrected chi connectivity index (χ4v) is 2.85. The maximum atomic E-state index is 14.0. The summed E-state index contributed by atoms with van der Waals surface area (Å²) >= 11 is 0. The molecule has 2 aromatic rings. The number of rotatable bonds is 5. The van der Waals surface area contributed by atoms with E-state index in [1.165, 1.54) is 6.07 Å². The predicted octanol–water partition coefficient (Wildman–Crippen LogP) is 2.48. The van der Waals surface area contributed by atoms with Gasteiger partial charge in [0.15, 0.2) is 11.6 Å². The Morgan fingerprint density at radius 1 is 1.43 bits per heavy atom. The number of non-ortho nitro benzene ring substituents is 1. The van der Waals surface area contributed by atoms with Crippen LogP contribution in [-0.2, 0) is 0 Å². The smallest absolute Gasteiger partial charge is 0.323 e. The number of nitrogens with one attached hydrogen (secondary N) is 1. The molecule has 1 saturated heterocycles. The van der Waals surface area contributed by atoms with Gasteiger partial charge in [-0.2, -0.15) is 0 Å². The van der Waals surface area contributed by atoms with Crippen LogP contribution >= 0.6 is 0 Å². The van der Waals surface area contributed by atoms with E-state index in [4.69, 9.17) is 4.74 Å². The van der Waals surface area contributed by atoms with Gasteiger partial charge in [-0.3, -0.25) is 15.4 Å². The SMILES string of the molecule is CN1CC[C@H](N(C)C(=O)Nc2cc(Oc3ccc([N+](=O)[O-])cc3F)ncn2)C1. The number of likely N-dealkylation sites (tertiary alicyclic amines) is 1. The lowest BCUT2D eigenvalue weighted by Gasteiger charge is -2.24. The van der Waals surface area contributed by atoms with Crippen LogP contribution in [0.2, 0.25) is 0 Å². The second-order valence-electron chi connectivity index (χ2n) is 6.46. The van der Waals surface area contributed by atoms with E-state index in [1.807, 2.05) is 7.05 Å². The summed E-state index contributed by atoms with van der Waals surface area (Å²) in [6.07, 6.45) is 2.05. The van der Waals surface area contributed by atoms with E-state index in [0.29, 0.717) is 0 Å². The molecule has 1 aliphatic heterocycles. The first-order valence-electron chi connectivity index (χ1n) is 8.49. The van der Waals surface area contributed by atoms with E-state index in [2.05, 4.69) is 20.2 Å². The molecule has 0 bridgehead atoms. The quantitative estimate of drug-likeness (QED) is 0.616. The molecule has 11 heteroatoms. The van der Waals surface area contributed by atoms with E-state index in [9.17, 15) is 19.3 Å². The number of halogens is 1. The predicted molar refractivity (Wildman–Crippen MR) is 97.8 cm³/mol. The first kappa shape index (κ1) is 19.4. The fraction of sp³-hybridized carbons (Fsp3) is 0.353. The normalized spacial score (nSPS) is 16.6. The van der Waals surface area contributed by atoms with E-state index in [-0.39, 0.29) is 35.2 Å². The number of hydrogen-bond acceptors (Lipinski definition) is 7. The highest BCUT2D eigenvalue weighted by molar-refractivity contribution is 5.88. The van der Waals surface area contributed by atoms with Crippen molar-refractivity contribution >= 4 is 17.5 Å². The molecule has 1 aromatic heterocycles. The van der Waals surface area contributed by atoms with Gasteiger partial charge in [-0.05, 0) is 26.1 Å². The van der Waals surface area contributed by atoms with Gasteiger partial charge in [0.1, 0.15) is 12.1 Å². The molecule has 1 fully saturated rings. The van der Waals surface area contributed by atoms with E-state index < -0.39 is 10.7 Å². The third-order valence-electron chi connectivity index (χ3n) is 4.45. The summed E-state index contributed by atoms with van der Waals surface area (Å²) in [6, 6.07) is 4.14. The summed E-state index contributed by atoms with van der Waals surface area (Å²) in [5, 5.41) is 13.3. The number of nitro groups is 1. The van der Waals surface area contributed by atoms with Crippen molar-refractivity contribution in [3.8, 4) is 11.6 Å². The minimum absolute atomic E-state index is 0.0127. The van der Waals surface area contributed by atoms with Crippen molar-refractivity contribution in [1.82, 2.24) is 19.8 Å². The number of hydrogen-bond donors (Lipinski definition) is 1. The van der Waals surface area contributed by atoms with Crippen LogP contribution in [0.25, 0.3) is 0 Å². The number of aromatic nitrogens is 2. The van der Waals surface area contributed by atoms with Gasteiger partial charge in [0.25, 0.3) is 5.69 Å². The topological polar surface area (TPSA) is 114 Å². The zero-order valence-corrected chi connectivity index (χ0v) is 15.3. The van der Waals surface area contributed by atoms with Crippen molar-refractivity contribution in [3.63, 3.8) is 0 Å². The molecule has 0 spiro atoms. The second-order valence-corrected chi connectivity index (χ2v) is 6.46. The van der Waals surface area contributed by atoms with Crippen LogP contribution in [0.15, 0.2) is 30.6 Å². The van der Waals surface area contributed by atoms with E-state index in [0.717, 1.165) is 44.0 Å². The Morgan fingerprint density at radius 3 is 2.86 bits per heavy atom. The lowest BCUT2D eigenvalue weighted by molar-refractivity contribution is -0.385. The summed E-state index contributed by atoms with van der Waals surface area (Å²) in [5.41, 5.74) is -0.388. The largest absolute Gasteiger partial charge is 0.436 e. The Balaban J connectivity index is 1.67. The molecule has 1 atom stereocenters. The summed E-state index contributed by atoms with van der Waals surface area (Å²) in [6.45, 7) is 1.72. The summed E-state index contributed by atoms with van der Waals surface area (Å²) in [4.78, 5) is 34.0. The van der Waals surface area contributed by atoms with Crippen LogP contribution in [0.3, 0.4) is 0 Å². The van der Waals surface area contributed by atoms with Crippen LogP contribution in [0.4, 0.5) is 20.7 Å². The number of likely N-dealkylation sites (N-methyl/N-ethyl adjacent to an activating group) is 2. The highest BCUT2D eigenvalue weighted by atomic mass is 19.1. The number of carbonyl (C=O) groups excluding carboxylic acids is 1. The lowest BCUT2D eigenvalue weighted by atomic mass is 10.2. The molecule has 148 valence electrons. The van der Waals surface area contributed by atoms with Crippen LogP contribution in [0.1, 0.15) is 6.42 Å². The molecule has 10 nitrogen and oxygen atoms in total. The molecule has 0 radical (unpaired) electrons. The van der Waals surface area contributed by atoms with Gasteiger partial charge in [0.2, 0.25) is 5.88 Å². The maximum absolute atomic E-state index is 14.0. The van der Waals surface area contributed by atoms with Crippen molar-refractivity contribution in [2.24, 2.45) is 0 Å². The molecule has 0 saturated carbocycles. The fourth-order valence-electron chi connectivity index (χ4n) is 2.85. The van der Waals surface area contributed by atoms with E-state index >= 15 is 0 Å². The number of nitro benzene ring substituents is 1. The first-order chi connectivity index (χ1) is 13.3. The molecular formula is C17H19FN6O4. The Bertz CT molecular complexity index is 896. The highest BCUT2D eigenvalue weighted by Gasteiger charge is 2.26. The standard InChI is InChI=1S/C17H19FN6O4/c1-22-6-5-12(9-22)23(2)17(25)21-15-8-16(20-10-19-15)28-14-4-3-11(24(26)27)7-13(14)18/h3-4,7-8,10,12H,5-6,9H2,1-2H3,(H,19,20,21,25)/t12-/m0/s1. The molecule has 2 amide bonds. The number of carbonyl (C=O) groups is 1. The summed E-state index contributed by atoms with van der Waals surface area (Å²) in [7, 11) is 3.71. The van der Waals surface area contributed by atoms with Gasteiger partial charge in [-0.15, -0.1) is 0 Å². The van der Waals surface area contributed by atoms with Crippen molar-refractivity contribution in [1.29, 1.82) is 0 Å². The second kappa shape index (κ2) is 8.13. The van der Waals surface area contributed by atoms with Crippen LogP contribution in [0.5, 0.6) is 11.6 Å². The molecule has 0 unspecified atom stereocenters. The van der Waals surface area contributed by atoms with Gasteiger partial charge >= 0.3 is 6.03 Å². The third-order valence-corrected chi connectivity index (χ3v) is 4.45. The Labute approximate surface area is 160 Å². The number of nitrogens with zero attached hydrogens (tertiary/aromatic N) is 5. The van der Waals surface area contributed by atoms with E-state index in [1.54, 1.807) is 11.9 Å². The molecular weight excluding hydrogens is 371 g/mol. The van der Waals surface area contributed by atoms with Gasteiger partial charge in [-0.1, -0.05) is 0 Å². The molecule has 0 aliphatic carbocycles. The van der Waals surface area contributed by atoms with Crippen LogP contribution in [0, 0.1) is 15.9 Å². The van der Waals surface area contributed by atoms with Gasteiger partial charge in [-0.25, -0.2) is 19.2 Å². The Kier molecular flexibility index (Phi) is 5.64. The maximum Gasteiger partial charge on any atom is 0.323 e. The average Bonchev–Trinajstić information content (AvgIpc) is 3.09. The molecule has 1 N–H and O–H groups in total. The molecule has 3 rings (SSSR count). The Morgan fingerprint density at radius 2 is 2.21 bits per heavy atom. The number of urea groups is 1. The minimum atomic E-state index is -0.900. The highest BCUT2D eigenvalue weighted by Crippen LogP contribution is 2.27. The van der Waals surface area contributed by atoms with Crippen molar-refractivity contribution in [3.05, 3.63) is 46.5 Å². The van der Waals surface area contributed by atoms with Crippen LogP contribution < -0.4 is 10.1 Å². The van der Waals surface area contributed by atoms with Crippen molar-refractivity contribution in [2.75, 3.05) is 32.5 Å². The van der Waals surface area contributed by atoms with Crippen molar-refractivity contribution < 1.29 is 18.8 Å². The molecule has 28 heavy (non-hydrogen) atoms. The lowest BCUT2D eigenvalue weighted by Crippen LogP contribution is -2.41. The number of benzene rings is 1. The molecule has 1 aliphatic rings. The first-order valence-corrected chi connectivity index (χ1v) is 8.49. The van der Waals surface area contributed by atoms with Gasteiger partial charge < -0.3 is 14.5 Å². The van der Waals surface area contributed by atoms with Crippen molar-refractivity contribution in [2.45, 2.75) is 12.5 Å². The molecule has 1 aromatic carbocycles. The number of anilines is 1. The average molecular weight is 390 g/mol. The monoisotopic (exact) mass is 390 g/mol. The molecule has 2 heterocycles. The minimum Gasteiger partial charge on any atom is -0.436 e. The zero-order chi connectivity index (χ0) is 20.3. The van der Waals surface area contributed by atoms with Gasteiger partial charge in [0, 0.05) is 31.8 Å².